The van der Waals surface area contributed by atoms with Gasteiger partial charge in [0.2, 0.25) is 44.5 Å². The number of hydrogen-bond donors (Lipinski definition) is 5. The lowest BCUT2D eigenvalue weighted by Crippen LogP contribution is -2.56. The normalized spacial score (nSPS) is 15.3. The molecule has 6 rings (SSSR count). The van der Waals surface area contributed by atoms with E-state index >= 15 is 4.39 Å². The summed E-state index contributed by atoms with van der Waals surface area (Å²) in [7, 11) is 0.285. The molecule has 0 aliphatic carbocycles. The number of aromatic nitrogens is 4. The molecule has 3 aromatic heterocycles. The third-order valence-electron chi connectivity index (χ3n) is 13.8. The molecule has 2 aliphatic heterocycles. The molecular weight excluding hydrogens is 1040 g/mol. The monoisotopic (exact) mass is 1110 g/mol. The van der Waals surface area contributed by atoms with E-state index in [1.807, 2.05) is 32.8 Å². The minimum atomic E-state index is -3.55. The lowest BCUT2D eigenvalue weighted by molar-refractivity contribution is -0.172. The Morgan fingerprint density at radius 2 is 1.68 bits per heavy atom. The third kappa shape index (κ3) is 15.1. The number of amides is 5. The molecule has 0 radical (unpaired) electrons. The molecule has 0 unspecified atom stereocenters. The number of unbranched alkanes of at least 4 members (excludes halogenated alkanes) is 2. The number of carbonyl (C=O) groups excluding carboxylic acids is 6. The summed E-state index contributed by atoms with van der Waals surface area (Å²) >= 11 is 0. The van der Waals surface area contributed by atoms with Crippen molar-refractivity contribution in [2.45, 2.75) is 135 Å². The molecular formula is C55H71FN10O12S. The molecule has 0 bridgehead atoms. The molecule has 79 heavy (non-hydrogen) atoms. The summed E-state index contributed by atoms with van der Waals surface area (Å²) in [6, 6.07) is 2.27. The Kier molecular flexibility index (Phi) is 20.6. The first-order valence-electron chi connectivity index (χ1n) is 26.3. The first-order chi connectivity index (χ1) is 37.3. The fourth-order valence-electron chi connectivity index (χ4n) is 9.35. The number of sulfone groups is 1. The van der Waals surface area contributed by atoms with Crippen LogP contribution in [0.1, 0.15) is 113 Å². The SMILES string of the molecule is CC[C@@]1(O)C(=O)OCc2c1cc1n(c2=O)Cc2c-1nc1cc(F)c(C)cc1c2CCN(C(=O)COCNC(=O)CNC(=O)[C@H](CCCCN(C)C)NC(=O)[C@@H](NC(=O)CCCC#Cc1cnc(S(C)(=O)=O)nc1)C(C)C)C(C)C. The van der Waals surface area contributed by atoms with E-state index in [9.17, 15) is 47.1 Å². The van der Waals surface area contributed by atoms with Crippen LogP contribution in [0.4, 0.5) is 4.39 Å². The van der Waals surface area contributed by atoms with Crippen LogP contribution in [0.3, 0.4) is 0 Å². The second kappa shape index (κ2) is 26.6. The number of esters is 1. The largest absolute Gasteiger partial charge is 0.458 e. The van der Waals surface area contributed by atoms with Crippen LogP contribution in [0.2, 0.25) is 0 Å². The summed E-state index contributed by atoms with van der Waals surface area (Å²) in [5.41, 5.74) is 1.11. The van der Waals surface area contributed by atoms with Crippen LogP contribution in [-0.2, 0) is 73.3 Å². The topological polar surface area (TPSA) is 291 Å². The van der Waals surface area contributed by atoms with Gasteiger partial charge in [-0.05, 0) is 109 Å². The van der Waals surface area contributed by atoms with Gasteiger partial charge in [0.25, 0.3) is 5.56 Å². The Morgan fingerprint density at radius 3 is 2.34 bits per heavy atom. The minimum Gasteiger partial charge on any atom is -0.458 e. The van der Waals surface area contributed by atoms with Crippen molar-refractivity contribution < 1.29 is 56.2 Å². The van der Waals surface area contributed by atoms with Crippen molar-refractivity contribution >= 4 is 56.2 Å². The van der Waals surface area contributed by atoms with Crippen LogP contribution in [-0.4, -0.2) is 150 Å². The Labute approximate surface area is 458 Å². The molecule has 1 aromatic carbocycles. The fraction of sp³-hybridized carbons (Fsp3) is 0.527. The van der Waals surface area contributed by atoms with Crippen LogP contribution >= 0.6 is 0 Å². The van der Waals surface area contributed by atoms with E-state index in [1.165, 1.54) is 23.0 Å². The van der Waals surface area contributed by atoms with E-state index < -0.39 is 87.6 Å². The maximum atomic E-state index is 15.1. The zero-order valence-corrected chi connectivity index (χ0v) is 47.0. The van der Waals surface area contributed by atoms with Gasteiger partial charge >= 0.3 is 5.97 Å². The van der Waals surface area contributed by atoms with Gasteiger partial charge in [-0.3, -0.25) is 28.8 Å². The Morgan fingerprint density at radius 1 is 0.962 bits per heavy atom. The van der Waals surface area contributed by atoms with Crippen LogP contribution in [0.5, 0.6) is 0 Å². The minimum absolute atomic E-state index is 0.0351. The molecule has 5 N–H and O–H groups in total. The number of aryl methyl sites for hydroxylation is 1. The number of nitrogens with zero attached hydrogens (tertiary/aromatic N) is 6. The summed E-state index contributed by atoms with van der Waals surface area (Å²) in [5, 5.41) is 22.3. The number of pyridine rings is 2. The predicted molar refractivity (Wildman–Crippen MR) is 289 cm³/mol. The number of hydrogen-bond acceptors (Lipinski definition) is 16. The fourth-order valence-corrected chi connectivity index (χ4v) is 9.84. The van der Waals surface area contributed by atoms with Crippen LogP contribution in [0.25, 0.3) is 22.3 Å². The average molecular weight is 1120 g/mol. The third-order valence-corrected chi connectivity index (χ3v) is 14.7. The van der Waals surface area contributed by atoms with Crippen LogP contribution in [0, 0.1) is 30.5 Å². The maximum absolute atomic E-state index is 15.1. The highest BCUT2D eigenvalue weighted by Gasteiger charge is 2.45. The standard InChI is InChI=1S/C55H71FN10O12S/c1-10-55(74)40-23-44-49-38(28-66(44)52(72)39(40)29-78-53(55)73)36(37-22-34(6)41(56)24-43(37)61-49)19-21-65(33(4)5)47(69)30-77-31-60-46(68)27-57-50(70)42(17-14-15-20-64(7)8)62-51(71)48(32(2)3)63-45(67)18-13-11-12-16-35-25-58-54(59-26-35)79(9,75)76/h22-26,32-33,42,48,74H,10-11,13-15,17-21,27-31H2,1-9H3,(H,57,70)(H,60,68)(H,62,71)(H,63,67)/t42-,48-,55-/m0/s1. The van der Waals surface area contributed by atoms with Gasteiger partial charge < -0.3 is 50.2 Å². The number of carbonyl (C=O) groups is 6. The molecule has 0 fully saturated rings. The highest BCUT2D eigenvalue weighted by Crippen LogP contribution is 2.41. The van der Waals surface area contributed by atoms with Gasteiger partial charge in [-0.15, -0.1) is 0 Å². The molecule has 426 valence electrons. The van der Waals surface area contributed by atoms with Crippen molar-refractivity contribution in [3.05, 3.63) is 80.1 Å². The van der Waals surface area contributed by atoms with E-state index in [2.05, 4.69) is 43.1 Å². The predicted octanol–water partition coefficient (Wildman–Crippen LogP) is 2.29. The molecule has 3 atom stereocenters. The van der Waals surface area contributed by atoms with Crippen molar-refractivity contribution in [3.63, 3.8) is 0 Å². The van der Waals surface area contributed by atoms with Gasteiger partial charge in [-0.2, -0.15) is 0 Å². The Balaban J connectivity index is 1.02. The lowest BCUT2D eigenvalue weighted by atomic mass is 9.86. The number of halogens is 1. The van der Waals surface area contributed by atoms with Gasteiger partial charge in [0, 0.05) is 66.7 Å². The zero-order valence-electron chi connectivity index (χ0n) is 46.2. The second-order valence-electron chi connectivity index (χ2n) is 20.7. The summed E-state index contributed by atoms with van der Waals surface area (Å²) < 4.78 is 50.6. The van der Waals surface area contributed by atoms with Gasteiger partial charge in [0.05, 0.1) is 41.1 Å². The number of benzene rings is 1. The summed E-state index contributed by atoms with van der Waals surface area (Å²) in [4.78, 5) is 110. The molecule has 4 aromatic rings. The van der Waals surface area contributed by atoms with Crippen LogP contribution in [0.15, 0.2) is 40.5 Å². The number of nitrogens with one attached hydrogen (secondary N) is 4. The highest BCUT2D eigenvalue weighted by molar-refractivity contribution is 7.90. The number of fused-ring (bicyclic) bond motifs is 5. The molecule has 22 nitrogen and oxygen atoms in total. The molecule has 0 saturated heterocycles. The van der Waals surface area contributed by atoms with Crippen molar-refractivity contribution in [2.75, 3.05) is 53.3 Å². The van der Waals surface area contributed by atoms with Gasteiger partial charge in [-0.1, -0.05) is 32.6 Å². The molecule has 0 saturated carbocycles. The Bertz CT molecular complexity index is 3210. The highest BCUT2D eigenvalue weighted by atomic mass is 32.2. The van der Waals surface area contributed by atoms with Crippen molar-refractivity contribution in [3.8, 4) is 23.2 Å². The summed E-state index contributed by atoms with van der Waals surface area (Å²) in [6.45, 7) is 9.88. The number of ether oxygens (including phenoxy) is 2. The number of cyclic esters (lactones) is 1. The summed E-state index contributed by atoms with van der Waals surface area (Å²) in [5.74, 6) is 1.44. The lowest BCUT2D eigenvalue weighted by Gasteiger charge is -2.31. The number of rotatable bonds is 25. The van der Waals surface area contributed by atoms with Crippen LogP contribution < -0.4 is 26.8 Å². The van der Waals surface area contributed by atoms with E-state index in [-0.39, 0.29) is 80.4 Å². The van der Waals surface area contributed by atoms with E-state index in [1.54, 1.807) is 44.7 Å². The van der Waals surface area contributed by atoms with E-state index in [0.717, 1.165) is 24.8 Å². The quantitative estimate of drug-likeness (QED) is 0.0184. The number of aliphatic hydroxyl groups is 1. The first kappa shape index (κ1) is 61.0. The zero-order chi connectivity index (χ0) is 57.9. The first-order valence-corrected chi connectivity index (χ1v) is 28.2. The molecule has 0 spiro atoms. The van der Waals surface area contributed by atoms with E-state index in [4.69, 9.17) is 14.5 Å². The molecule has 24 heteroatoms. The van der Waals surface area contributed by atoms with Gasteiger partial charge in [0.15, 0.2) is 5.60 Å². The summed E-state index contributed by atoms with van der Waals surface area (Å²) in [6.07, 6.45) is 6.12. The Hall–Kier alpha value is -7.20. The van der Waals surface area contributed by atoms with E-state index in [0.29, 0.717) is 58.2 Å². The average Bonchev–Trinajstić information content (AvgIpc) is 3.93. The molecule has 5 heterocycles. The maximum Gasteiger partial charge on any atom is 0.343 e. The van der Waals surface area contributed by atoms with Gasteiger partial charge in [-0.25, -0.2) is 32.6 Å². The second-order valence-corrected chi connectivity index (χ2v) is 22.6. The molecule has 2 aliphatic rings. The van der Waals surface area contributed by atoms with Crippen molar-refractivity contribution in [2.24, 2.45) is 5.92 Å². The smallest absolute Gasteiger partial charge is 0.343 e. The molecule has 5 amide bonds. The van der Waals surface area contributed by atoms with Crippen molar-refractivity contribution in [1.82, 2.24) is 50.6 Å². The van der Waals surface area contributed by atoms with Crippen molar-refractivity contribution in [1.29, 1.82) is 0 Å². The van der Waals surface area contributed by atoms with Gasteiger partial charge in [0.1, 0.15) is 37.8 Å².